The molecule has 0 radical (unpaired) electrons. The van der Waals surface area contributed by atoms with E-state index in [0.29, 0.717) is 11.8 Å². The van der Waals surface area contributed by atoms with Crippen molar-refractivity contribution >= 4 is 44.8 Å². The number of carbonyl (C=O) groups is 1. The highest BCUT2D eigenvalue weighted by atomic mass is 79.9. The third kappa shape index (κ3) is 3.26. The fourth-order valence-electron chi connectivity index (χ4n) is 1.59. The number of benzene rings is 2. The van der Waals surface area contributed by atoms with E-state index in [4.69, 9.17) is 17.3 Å². The normalized spacial score (nSPS) is 10.4. The molecule has 2 rings (SSSR count). The van der Waals surface area contributed by atoms with Crippen LogP contribution < -0.4 is 11.1 Å². The van der Waals surface area contributed by atoms with Gasteiger partial charge >= 0.3 is 0 Å². The number of nitrogens with one attached hydrogen (secondary N) is 1. The Balaban J connectivity index is 2.32. The number of rotatable bonds is 2. The largest absolute Gasteiger partial charge is 0.399 e. The quantitative estimate of drug-likeness (QED) is 0.787. The molecule has 3 N–H and O–H groups in total. The van der Waals surface area contributed by atoms with Gasteiger partial charge in [-0.1, -0.05) is 11.6 Å². The second kappa shape index (κ2) is 5.76. The summed E-state index contributed by atoms with van der Waals surface area (Å²) in [5, 5.41) is 2.62. The maximum Gasteiger partial charge on any atom is 0.255 e. The summed E-state index contributed by atoms with van der Waals surface area (Å²) in [4.78, 5) is 12.0. The predicted molar refractivity (Wildman–Crippen MR) is 77.9 cm³/mol. The second-order valence-corrected chi connectivity index (χ2v) is 5.26. The van der Waals surface area contributed by atoms with Gasteiger partial charge in [-0.25, -0.2) is 8.78 Å². The molecule has 2 aromatic carbocycles. The number of halogens is 4. The number of anilines is 2. The molecule has 2 aromatic rings. The van der Waals surface area contributed by atoms with Crippen molar-refractivity contribution in [3.8, 4) is 0 Å². The van der Waals surface area contributed by atoms with Crippen LogP contribution in [0.4, 0.5) is 20.2 Å². The Morgan fingerprint density at radius 3 is 2.50 bits per heavy atom. The summed E-state index contributed by atoms with van der Waals surface area (Å²) in [7, 11) is 0. The Bertz CT molecular complexity index is 651. The molecule has 3 nitrogen and oxygen atoms in total. The van der Waals surface area contributed by atoms with Crippen LogP contribution in [0.3, 0.4) is 0 Å². The topological polar surface area (TPSA) is 55.1 Å². The Hall–Kier alpha value is -1.66. The van der Waals surface area contributed by atoms with Crippen LogP contribution in [0.1, 0.15) is 10.4 Å². The average molecular weight is 362 g/mol. The molecule has 104 valence electrons. The van der Waals surface area contributed by atoms with Crippen LogP contribution in [-0.2, 0) is 0 Å². The van der Waals surface area contributed by atoms with E-state index >= 15 is 0 Å². The summed E-state index contributed by atoms with van der Waals surface area (Å²) >= 11 is 8.77. The van der Waals surface area contributed by atoms with E-state index in [9.17, 15) is 13.6 Å². The fraction of sp³-hybridized carbons (Fsp3) is 0. The predicted octanol–water partition coefficient (Wildman–Crippen LogP) is 4.22. The zero-order valence-corrected chi connectivity index (χ0v) is 12.2. The van der Waals surface area contributed by atoms with Gasteiger partial charge in [0.15, 0.2) is 5.82 Å². The second-order valence-electron chi connectivity index (χ2n) is 3.97. The van der Waals surface area contributed by atoms with Crippen LogP contribution in [0.15, 0.2) is 34.8 Å². The summed E-state index contributed by atoms with van der Waals surface area (Å²) in [6, 6.07) is 5.99. The van der Waals surface area contributed by atoms with E-state index in [0.717, 1.165) is 6.07 Å². The molecule has 7 heteroatoms. The number of hydrogen-bond acceptors (Lipinski definition) is 2. The molecule has 0 unspecified atom stereocenters. The standard InChI is InChI=1S/C13H8BrClF2N2O/c14-10-4-8(16)5-11(17)12(10)19-13(20)6-1-7(15)3-9(18)2-6/h1-5H,18H2,(H,19,20). The van der Waals surface area contributed by atoms with Gasteiger partial charge in [0.1, 0.15) is 5.82 Å². The summed E-state index contributed by atoms with van der Waals surface area (Å²) in [5.41, 5.74) is 5.89. The molecule has 0 spiro atoms. The zero-order valence-electron chi connectivity index (χ0n) is 9.88. The van der Waals surface area contributed by atoms with Gasteiger partial charge in [0.25, 0.3) is 5.91 Å². The summed E-state index contributed by atoms with van der Waals surface area (Å²) in [5.74, 6) is -2.25. The van der Waals surface area contributed by atoms with Gasteiger partial charge in [-0.3, -0.25) is 4.79 Å². The summed E-state index contributed by atoms with van der Waals surface area (Å²) < 4.78 is 26.7. The van der Waals surface area contributed by atoms with Crippen molar-refractivity contribution in [2.45, 2.75) is 0 Å². The third-order valence-corrected chi connectivity index (χ3v) is 3.27. The van der Waals surface area contributed by atoms with Crippen LogP contribution in [0.25, 0.3) is 0 Å². The van der Waals surface area contributed by atoms with Crippen molar-refractivity contribution in [1.82, 2.24) is 0 Å². The molecule has 0 aliphatic heterocycles. The van der Waals surface area contributed by atoms with Crippen LogP contribution in [0.2, 0.25) is 5.02 Å². The molecule has 20 heavy (non-hydrogen) atoms. The van der Waals surface area contributed by atoms with Gasteiger partial charge in [-0.05, 0) is 40.2 Å². The maximum absolute atomic E-state index is 13.6. The highest BCUT2D eigenvalue weighted by Crippen LogP contribution is 2.27. The fourth-order valence-corrected chi connectivity index (χ4v) is 2.34. The first-order valence-corrected chi connectivity index (χ1v) is 6.56. The van der Waals surface area contributed by atoms with Crippen LogP contribution >= 0.6 is 27.5 Å². The van der Waals surface area contributed by atoms with Crippen molar-refractivity contribution in [3.63, 3.8) is 0 Å². The molecule has 0 bridgehead atoms. The minimum Gasteiger partial charge on any atom is -0.399 e. The molecule has 0 fully saturated rings. The first-order chi connectivity index (χ1) is 9.36. The molecular weight excluding hydrogens is 354 g/mol. The molecule has 0 aliphatic carbocycles. The molecule has 0 aromatic heterocycles. The average Bonchev–Trinajstić information content (AvgIpc) is 2.32. The van der Waals surface area contributed by atoms with Crippen LogP contribution in [0, 0.1) is 11.6 Å². The SMILES string of the molecule is Nc1cc(Cl)cc(C(=O)Nc2c(F)cc(F)cc2Br)c1. The number of hydrogen-bond donors (Lipinski definition) is 2. The lowest BCUT2D eigenvalue weighted by molar-refractivity contribution is 0.102. The van der Waals surface area contributed by atoms with Gasteiger partial charge < -0.3 is 11.1 Å². The molecular formula is C13H8BrClF2N2O. The summed E-state index contributed by atoms with van der Waals surface area (Å²) in [6.45, 7) is 0. The van der Waals surface area contributed by atoms with Crippen molar-refractivity contribution in [3.05, 3.63) is 57.0 Å². The summed E-state index contributed by atoms with van der Waals surface area (Å²) in [6.07, 6.45) is 0. The van der Waals surface area contributed by atoms with Gasteiger partial charge in [-0.15, -0.1) is 0 Å². The lowest BCUT2D eigenvalue weighted by Crippen LogP contribution is -2.14. The van der Waals surface area contributed by atoms with E-state index in [-0.39, 0.29) is 20.7 Å². The van der Waals surface area contributed by atoms with Crippen LogP contribution in [-0.4, -0.2) is 5.91 Å². The first kappa shape index (κ1) is 14.7. The van der Waals surface area contributed by atoms with E-state index in [1.54, 1.807) is 0 Å². The first-order valence-electron chi connectivity index (χ1n) is 5.39. The molecule has 0 heterocycles. The smallest absolute Gasteiger partial charge is 0.255 e. The van der Waals surface area contributed by atoms with Crippen molar-refractivity contribution < 1.29 is 13.6 Å². The van der Waals surface area contributed by atoms with Gasteiger partial charge in [0.2, 0.25) is 0 Å². The zero-order chi connectivity index (χ0) is 14.9. The lowest BCUT2D eigenvalue weighted by atomic mass is 10.2. The van der Waals surface area contributed by atoms with E-state index in [2.05, 4.69) is 21.2 Å². The minimum atomic E-state index is -0.889. The van der Waals surface area contributed by atoms with E-state index in [1.807, 2.05) is 0 Å². The van der Waals surface area contributed by atoms with Crippen LogP contribution in [0.5, 0.6) is 0 Å². The maximum atomic E-state index is 13.6. The van der Waals surface area contributed by atoms with E-state index < -0.39 is 17.5 Å². The monoisotopic (exact) mass is 360 g/mol. The highest BCUT2D eigenvalue weighted by molar-refractivity contribution is 9.10. The van der Waals surface area contributed by atoms with Gasteiger partial charge in [0.05, 0.1) is 5.69 Å². The lowest BCUT2D eigenvalue weighted by Gasteiger charge is -2.09. The van der Waals surface area contributed by atoms with E-state index in [1.165, 1.54) is 18.2 Å². The number of nitrogen functional groups attached to an aromatic ring is 1. The Kier molecular flexibility index (Phi) is 4.25. The highest BCUT2D eigenvalue weighted by Gasteiger charge is 2.14. The molecule has 0 saturated heterocycles. The molecule has 0 aliphatic rings. The Labute approximate surface area is 126 Å². The number of nitrogens with two attached hydrogens (primary N) is 1. The van der Waals surface area contributed by atoms with Gasteiger partial charge in [-0.2, -0.15) is 0 Å². The molecule has 0 saturated carbocycles. The van der Waals surface area contributed by atoms with Gasteiger partial charge in [0, 0.05) is 26.8 Å². The number of amides is 1. The Morgan fingerprint density at radius 1 is 1.20 bits per heavy atom. The third-order valence-electron chi connectivity index (χ3n) is 2.43. The minimum absolute atomic E-state index is 0.0957. The van der Waals surface area contributed by atoms with Crippen molar-refractivity contribution in [2.75, 3.05) is 11.1 Å². The number of carbonyl (C=O) groups excluding carboxylic acids is 1. The van der Waals surface area contributed by atoms with Crippen molar-refractivity contribution in [2.24, 2.45) is 0 Å². The van der Waals surface area contributed by atoms with Crippen molar-refractivity contribution in [1.29, 1.82) is 0 Å². The molecule has 0 atom stereocenters. The molecule has 1 amide bonds. The Morgan fingerprint density at radius 2 is 1.90 bits per heavy atom.